The molecule has 0 bridgehead atoms. The Bertz CT molecular complexity index is 833. The van der Waals surface area contributed by atoms with Crippen LogP contribution in [0.3, 0.4) is 0 Å². The number of anilines is 1. The van der Waals surface area contributed by atoms with Crippen molar-refractivity contribution < 1.29 is 9.59 Å². The van der Waals surface area contributed by atoms with Crippen LogP contribution in [0, 0.1) is 20.8 Å². The second-order valence-electron chi connectivity index (χ2n) is 7.37. The van der Waals surface area contributed by atoms with Gasteiger partial charge in [0, 0.05) is 36.7 Å². The Labute approximate surface area is 160 Å². The van der Waals surface area contributed by atoms with Crippen molar-refractivity contribution in [2.24, 2.45) is 0 Å². The molecule has 0 saturated carbocycles. The largest absolute Gasteiger partial charge is 0.349 e. The third-order valence-electron chi connectivity index (χ3n) is 5.20. The maximum absolute atomic E-state index is 12.3. The number of fused-ring (bicyclic) bond motifs is 1. The average molecular weight is 368 g/mol. The first-order valence-corrected chi connectivity index (χ1v) is 9.38. The monoisotopic (exact) mass is 368 g/mol. The zero-order valence-electron chi connectivity index (χ0n) is 16.5. The lowest BCUT2D eigenvalue weighted by Gasteiger charge is -2.34. The molecule has 1 unspecified atom stereocenters. The van der Waals surface area contributed by atoms with Crippen molar-refractivity contribution in [2.75, 3.05) is 25.0 Å². The molecule has 1 aromatic carbocycles. The van der Waals surface area contributed by atoms with E-state index in [0.717, 1.165) is 35.5 Å². The van der Waals surface area contributed by atoms with E-state index in [1.807, 2.05) is 39.0 Å². The first kappa shape index (κ1) is 19.2. The van der Waals surface area contributed by atoms with Crippen molar-refractivity contribution in [3.63, 3.8) is 0 Å². The molecule has 0 radical (unpaired) electrons. The third-order valence-corrected chi connectivity index (χ3v) is 5.20. The Morgan fingerprint density at radius 3 is 2.52 bits per heavy atom. The van der Waals surface area contributed by atoms with E-state index in [2.05, 4.69) is 39.3 Å². The van der Waals surface area contributed by atoms with Crippen LogP contribution in [0.5, 0.6) is 0 Å². The molecule has 1 aromatic heterocycles. The van der Waals surface area contributed by atoms with Crippen LogP contribution < -0.4 is 10.6 Å². The van der Waals surface area contributed by atoms with E-state index in [1.54, 1.807) is 0 Å². The molecule has 1 atom stereocenters. The van der Waals surface area contributed by atoms with Crippen molar-refractivity contribution in [1.29, 1.82) is 0 Å². The number of amides is 2. The van der Waals surface area contributed by atoms with Crippen molar-refractivity contribution in [3.05, 3.63) is 52.8 Å². The predicted octanol–water partition coefficient (Wildman–Crippen LogP) is 2.54. The SMILES string of the molecule is Cc1cc(C)c(NC(=O)CNC(=O)CN2CCn3cccc3C2C)c(C)c1. The van der Waals surface area contributed by atoms with E-state index in [-0.39, 0.29) is 24.4 Å². The number of nitrogens with zero attached hydrogens (tertiary/aromatic N) is 2. The number of nitrogens with one attached hydrogen (secondary N) is 2. The van der Waals surface area contributed by atoms with Crippen molar-refractivity contribution in [3.8, 4) is 0 Å². The normalized spacial score (nSPS) is 16.7. The Hall–Kier alpha value is -2.60. The Balaban J connectivity index is 1.50. The van der Waals surface area contributed by atoms with Gasteiger partial charge in [-0.3, -0.25) is 14.5 Å². The number of aryl methyl sites for hydroxylation is 3. The number of hydrogen-bond donors (Lipinski definition) is 2. The van der Waals surface area contributed by atoms with Crippen LogP contribution in [-0.4, -0.2) is 40.9 Å². The summed E-state index contributed by atoms with van der Waals surface area (Å²) in [6, 6.07) is 8.39. The highest BCUT2D eigenvalue weighted by atomic mass is 16.2. The summed E-state index contributed by atoms with van der Waals surface area (Å²) in [5, 5.41) is 5.65. The van der Waals surface area contributed by atoms with Gasteiger partial charge in [0.05, 0.1) is 13.1 Å². The van der Waals surface area contributed by atoms with Gasteiger partial charge in [0.15, 0.2) is 0 Å². The number of benzene rings is 1. The molecule has 144 valence electrons. The van der Waals surface area contributed by atoms with E-state index < -0.39 is 0 Å². The van der Waals surface area contributed by atoms with E-state index in [0.29, 0.717) is 6.54 Å². The van der Waals surface area contributed by atoms with Crippen LogP contribution in [0.15, 0.2) is 30.5 Å². The molecule has 1 aliphatic rings. The minimum Gasteiger partial charge on any atom is -0.349 e. The van der Waals surface area contributed by atoms with Crippen LogP contribution >= 0.6 is 0 Å². The fourth-order valence-electron chi connectivity index (χ4n) is 3.82. The van der Waals surface area contributed by atoms with Gasteiger partial charge < -0.3 is 15.2 Å². The third kappa shape index (κ3) is 4.39. The number of rotatable bonds is 5. The minimum absolute atomic E-state index is 0.0236. The van der Waals surface area contributed by atoms with Crippen molar-refractivity contribution in [1.82, 2.24) is 14.8 Å². The molecule has 3 rings (SSSR count). The Morgan fingerprint density at radius 2 is 1.81 bits per heavy atom. The second-order valence-corrected chi connectivity index (χ2v) is 7.37. The van der Waals surface area contributed by atoms with Crippen molar-refractivity contribution >= 4 is 17.5 Å². The lowest BCUT2D eigenvalue weighted by molar-refractivity contribution is -0.125. The summed E-state index contributed by atoms with van der Waals surface area (Å²) in [4.78, 5) is 26.7. The second kappa shape index (κ2) is 7.96. The summed E-state index contributed by atoms with van der Waals surface area (Å²) in [6.45, 7) is 10.1. The molecule has 0 spiro atoms. The lowest BCUT2D eigenvalue weighted by atomic mass is 10.1. The maximum atomic E-state index is 12.3. The van der Waals surface area contributed by atoms with E-state index >= 15 is 0 Å². The highest BCUT2D eigenvalue weighted by Crippen LogP contribution is 2.24. The van der Waals surface area contributed by atoms with Gasteiger partial charge in [0.1, 0.15) is 0 Å². The van der Waals surface area contributed by atoms with Gasteiger partial charge in [-0.1, -0.05) is 17.7 Å². The Kier molecular flexibility index (Phi) is 5.65. The fourth-order valence-corrected chi connectivity index (χ4v) is 3.82. The standard InChI is InChI=1S/C21H28N4O2/c1-14-10-15(2)21(16(3)11-14)23-19(26)12-22-20(27)13-25-9-8-24-7-5-6-18(24)17(25)4/h5-7,10-11,17H,8-9,12-13H2,1-4H3,(H,22,27)(H,23,26). The zero-order valence-corrected chi connectivity index (χ0v) is 16.5. The lowest BCUT2D eigenvalue weighted by Crippen LogP contribution is -2.44. The Morgan fingerprint density at radius 1 is 1.11 bits per heavy atom. The molecule has 2 N–H and O–H groups in total. The first-order valence-electron chi connectivity index (χ1n) is 9.38. The summed E-state index contributed by atoms with van der Waals surface area (Å²) < 4.78 is 2.22. The molecule has 2 aromatic rings. The number of carbonyl (C=O) groups is 2. The van der Waals surface area contributed by atoms with Crippen LogP contribution in [0.25, 0.3) is 0 Å². The number of carbonyl (C=O) groups excluding carboxylic acids is 2. The van der Waals surface area contributed by atoms with Gasteiger partial charge in [-0.2, -0.15) is 0 Å². The van der Waals surface area contributed by atoms with E-state index in [1.165, 1.54) is 5.69 Å². The highest BCUT2D eigenvalue weighted by molar-refractivity contribution is 5.96. The highest BCUT2D eigenvalue weighted by Gasteiger charge is 2.25. The summed E-state index contributed by atoms with van der Waals surface area (Å²) in [6.07, 6.45) is 2.07. The molecule has 6 nitrogen and oxygen atoms in total. The number of hydrogen-bond acceptors (Lipinski definition) is 3. The molecular weight excluding hydrogens is 340 g/mol. The van der Waals surface area contributed by atoms with Gasteiger partial charge in [0.25, 0.3) is 0 Å². The molecule has 1 aliphatic heterocycles. The summed E-state index contributed by atoms with van der Waals surface area (Å²) in [7, 11) is 0. The van der Waals surface area contributed by atoms with E-state index in [4.69, 9.17) is 0 Å². The van der Waals surface area contributed by atoms with E-state index in [9.17, 15) is 9.59 Å². The molecule has 0 aliphatic carbocycles. The fraction of sp³-hybridized carbons (Fsp3) is 0.429. The maximum Gasteiger partial charge on any atom is 0.243 e. The quantitative estimate of drug-likeness (QED) is 0.852. The molecule has 0 fully saturated rings. The summed E-state index contributed by atoms with van der Waals surface area (Å²) in [5.74, 6) is -0.340. The topological polar surface area (TPSA) is 66.4 Å². The molecule has 2 heterocycles. The minimum atomic E-state index is -0.209. The van der Waals surface area contributed by atoms with Crippen molar-refractivity contribution in [2.45, 2.75) is 40.3 Å². The van der Waals surface area contributed by atoms with Crippen LogP contribution in [0.4, 0.5) is 5.69 Å². The van der Waals surface area contributed by atoms with Gasteiger partial charge >= 0.3 is 0 Å². The first-order chi connectivity index (χ1) is 12.8. The van der Waals surface area contributed by atoms with Crippen LogP contribution in [0.2, 0.25) is 0 Å². The van der Waals surface area contributed by atoms with Crippen LogP contribution in [0.1, 0.15) is 35.3 Å². The molecule has 2 amide bonds. The van der Waals surface area contributed by atoms with Gasteiger partial charge in [-0.25, -0.2) is 0 Å². The smallest absolute Gasteiger partial charge is 0.243 e. The van der Waals surface area contributed by atoms with Gasteiger partial charge in [-0.15, -0.1) is 0 Å². The number of aromatic nitrogens is 1. The molecule has 27 heavy (non-hydrogen) atoms. The summed E-state index contributed by atoms with van der Waals surface area (Å²) in [5.41, 5.74) is 5.26. The molecule has 6 heteroatoms. The average Bonchev–Trinajstić information content (AvgIpc) is 3.08. The zero-order chi connectivity index (χ0) is 19.6. The molecule has 0 saturated heterocycles. The van der Waals surface area contributed by atoms with Gasteiger partial charge in [-0.05, 0) is 51.0 Å². The summed E-state index contributed by atoms with van der Waals surface area (Å²) >= 11 is 0. The molecular formula is C21H28N4O2. The van der Waals surface area contributed by atoms with Gasteiger partial charge in [0.2, 0.25) is 11.8 Å². The predicted molar refractivity (Wildman–Crippen MR) is 107 cm³/mol. The van der Waals surface area contributed by atoms with Crippen LogP contribution in [-0.2, 0) is 16.1 Å².